The molecule has 1 saturated carbocycles. The first-order chi connectivity index (χ1) is 11.6. The molecule has 0 atom stereocenters. The first-order valence-corrected chi connectivity index (χ1v) is 8.65. The number of ether oxygens (including phenoxy) is 1. The van der Waals surface area contributed by atoms with Gasteiger partial charge in [-0.1, -0.05) is 0 Å². The number of hydrogen-bond acceptors (Lipinski definition) is 5. The third kappa shape index (κ3) is 4.29. The normalized spacial score (nSPS) is 14.2. The molecular weight excluding hydrogens is 306 g/mol. The van der Waals surface area contributed by atoms with Crippen molar-refractivity contribution < 1.29 is 9.53 Å². The van der Waals surface area contributed by atoms with E-state index in [1.807, 2.05) is 13.8 Å². The fourth-order valence-electron chi connectivity index (χ4n) is 2.78. The number of carbonyl (C=O) groups is 1. The van der Waals surface area contributed by atoms with Crippen LogP contribution in [0.5, 0.6) is 0 Å². The lowest BCUT2D eigenvalue weighted by Gasteiger charge is -2.10. The van der Waals surface area contributed by atoms with Crippen LogP contribution >= 0.6 is 0 Å². The van der Waals surface area contributed by atoms with Gasteiger partial charge in [0.25, 0.3) is 5.78 Å². The van der Waals surface area contributed by atoms with E-state index in [1.165, 1.54) is 19.2 Å². The van der Waals surface area contributed by atoms with Crippen molar-refractivity contribution in [3.05, 3.63) is 23.3 Å². The minimum Gasteiger partial charge on any atom is -0.381 e. The van der Waals surface area contributed by atoms with Gasteiger partial charge in [0.05, 0.1) is 0 Å². The first kappa shape index (κ1) is 16.8. The van der Waals surface area contributed by atoms with Crippen LogP contribution in [0.4, 0.5) is 0 Å². The van der Waals surface area contributed by atoms with Gasteiger partial charge in [-0.15, -0.1) is 0 Å². The van der Waals surface area contributed by atoms with Crippen molar-refractivity contribution in [2.24, 2.45) is 5.92 Å². The highest BCUT2D eigenvalue weighted by Crippen LogP contribution is 2.28. The van der Waals surface area contributed by atoms with Crippen LogP contribution in [0.1, 0.15) is 42.6 Å². The standard InChI is InChI=1S/C17H25N5O2/c1-12-15(13(2)22-17(21-12)19-11-20-22)6-7-16(23)18-8-3-9-24-10-14-4-5-14/h11,14H,3-10H2,1-2H3,(H,18,23). The van der Waals surface area contributed by atoms with E-state index >= 15 is 0 Å². The Labute approximate surface area is 141 Å². The molecule has 1 fully saturated rings. The number of aromatic nitrogens is 4. The Morgan fingerprint density at radius 3 is 3.04 bits per heavy atom. The van der Waals surface area contributed by atoms with E-state index in [0.29, 0.717) is 25.2 Å². The zero-order chi connectivity index (χ0) is 16.9. The summed E-state index contributed by atoms with van der Waals surface area (Å²) in [6, 6.07) is 0. The molecule has 0 unspecified atom stereocenters. The van der Waals surface area contributed by atoms with Crippen LogP contribution < -0.4 is 5.32 Å². The molecule has 1 amide bonds. The number of amides is 1. The van der Waals surface area contributed by atoms with E-state index < -0.39 is 0 Å². The van der Waals surface area contributed by atoms with E-state index in [9.17, 15) is 4.79 Å². The Morgan fingerprint density at radius 1 is 1.42 bits per heavy atom. The van der Waals surface area contributed by atoms with Crippen molar-refractivity contribution >= 4 is 11.7 Å². The Hall–Kier alpha value is -2.02. The average molecular weight is 331 g/mol. The molecule has 7 heteroatoms. The molecule has 0 saturated heterocycles. The fourth-order valence-corrected chi connectivity index (χ4v) is 2.78. The summed E-state index contributed by atoms with van der Waals surface area (Å²) < 4.78 is 7.28. The van der Waals surface area contributed by atoms with Crippen LogP contribution in [0.15, 0.2) is 6.33 Å². The number of nitrogens with zero attached hydrogens (tertiary/aromatic N) is 4. The molecule has 1 N–H and O–H groups in total. The third-order valence-corrected chi connectivity index (χ3v) is 4.43. The van der Waals surface area contributed by atoms with Crippen LogP contribution in [-0.4, -0.2) is 45.2 Å². The van der Waals surface area contributed by atoms with E-state index in [4.69, 9.17) is 4.74 Å². The van der Waals surface area contributed by atoms with Crippen molar-refractivity contribution in [1.29, 1.82) is 0 Å². The highest BCUT2D eigenvalue weighted by atomic mass is 16.5. The van der Waals surface area contributed by atoms with Crippen molar-refractivity contribution in [2.75, 3.05) is 19.8 Å². The molecule has 0 aliphatic heterocycles. The predicted molar refractivity (Wildman–Crippen MR) is 89.7 cm³/mol. The molecule has 2 aromatic rings. The summed E-state index contributed by atoms with van der Waals surface area (Å²) in [6.07, 6.45) is 6.09. The maximum absolute atomic E-state index is 12.0. The molecule has 0 bridgehead atoms. The molecule has 2 aromatic heterocycles. The maximum atomic E-state index is 12.0. The lowest BCUT2D eigenvalue weighted by Crippen LogP contribution is -2.25. The molecule has 0 aromatic carbocycles. The van der Waals surface area contributed by atoms with Crippen LogP contribution in [0.25, 0.3) is 5.78 Å². The average Bonchev–Trinajstić information content (AvgIpc) is 3.26. The Morgan fingerprint density at radius 2 is 2.25 bits per heavy atom. The monoisotopic (exact) mass is 331 g/mol. The zero-order valence-corrected chi connectivity index (χ0v) is 14.4. The van der Waals surface area contributed by atoms with Gasteiger partial charge in [-0.3, -0.25) is 4.79 Å². The molecule has 1 aliphatic rings. The molecular formula is C17H25N5O2. The van der Waals surface area contributed by atoms with Gasteiger partial charge in [0.1, 0.15) is 6.33 Å². The molecule has 7 nitrogen and oxygen atoms in total. The third-order valence-electron chi connectivity index (χ3n) is 4.43. The Bertz CT molecular complexity index is 708. The lowest BCUT2D eigenvalue weighted by molar-refractivity contribution is -0.121. The van der Waals surface area contributed by atoms with Crippen molar-refractivity contribution in [2.45, 2.75) is 46.0 Å². The smallest absolute Gasteiger partial charge is 0.252 e. The predicted octanol–water partition coefficient (Wildman–Crippen LogP) is 1.61. The summed E-state index contributed by atoms with van der Waals surface area (Å²) in [6.45, 7) is 6.21. The summed E-state index contributed by atoms with van der Waals surface area (Å²) in [7, 11) is 0. The van der Waals surface area contributed by atoms with Gasteiger partial charge in [0, 0.05) is 37.6 Å². The zero-order valence-electron chi connectivity index (χ0n) is 14.4. The number of carbonyl (C=O) groups excluding carboxylic acids is 1. The van der Waals surface area contributed by atoms with Gasteiger partial charge in [0.2, 0.25) is 5.91 Å². The highest BCUT2D eigenvalue weighted by molar-refractivity contribution is 5.76. The molecule has 130 valence electrons. The number of nitrogens with one attached hydrogen (secondary N) is 1. The second kappa shape index (κ2) is 7.70. The summed E-state index contributed by atoms with van der Waals surface area (Å²) in [5, 5.41) is 7.12. The largest absolute Gasteiger partial charge is 0.381 e. The quantitative estimate of drug-likeness (QED) is 0.706. The number of fused-ring (bicyclic) bond motifs is 1. The summed E-state index contributed by atoms with van der Waals surface area (Å²) >= 11 is 0. The number of rotatable bonds is 9. The van der Waals surface area contributed by atoms with Crippen LogP contribution in [0, 0.1) is 19.8 Å². The summed E-state index contributed by atoms with van der Waals surface area (Å²) in [5.74, 6) is 1.46. The second-order valence-electron chi connectivity index (χ2n) is 6.45. The maximum Gasteiger partial charge on any atom is 0.252 e. The van der Waals surface area contributed by atoms with Gasteiger partial charge < -0.3 is 10.1 Å². The SMILES string of the molecule is Cc1nc2ncnn2c(C)c1CCC(=O)NCCCOCC1CC1. The topological polar surface area (TPSA) is 81.4 Å². The molecule has 2 heterocycles. The van der Waals surface area contributed by atoms with E-state index in [0.717, 1.165) is 42.5 Å². The Kier molecular flexibility index (Phi) is 5.40. The summed E-state index contributed by atoms with van der Waals surface area (Å²) in [5.41, 5.74) is 2.97. The Balaban J connectivity index is 1.40. The van der Waals surface area contributed by atoms with Crippen LogP contribution in [0.3, 0.4) is 0 Å². The van der Waals surface area contributed by atoms with Gasteiger partial charge in [0.15, 0.2) is 0 Å². The fraction of sp³-hybridized carbons (Fsp3) is 0.647. The van der Waals surface area contributed by atoms with Crippen LogP contribution in [0.2, 0.25) is 0 Å². The highest BCUT2D eigenvalue weighted by Gasteiger charge is 2.20. The molecule has 1 aliphatic carbocycles. The summed E-state index contributed by atoms with van der Waals surface area (Å²) in [4.78, 5) is 20.5. The second-order valence-corrected chi connectivity index (χ2v) is 6.45. The molecule has 0 spiro atoms. The van der Waals surface area contributed by atoms with E-state index in [2.05, 4.69) is 20.4 Å². The van der Waals surface area contributed by atoms with Gasteiger partial charge in [-0.25, -0.2) is 9.50 Å². The number of hydrogen-bond donors (Lipinski definition) is 1. The minimum atomic E-state index is 0.0645. The van der Waals surface area contributed by atoms with Crippen molar-refractivity contribution in [3.8, 4) is 0 Å². The van der Waals surface area contributed by atoms with Crippen molar-refractivity contribution in [1.82, 2.24) is 24.9 Å². The molecule has 24 heavy (non-hydrogen) atoms. The van der Waals surface area contributed by atoms with E-state index in [1.54, 1.807) is 4.52 Å². The lowest BCUT2D eigenvalue weighted by atomic mass is 10.1. The van der Waals surface area contributed by atoms with Crippen molar-refractivity contribution in [3.63, 3.8) is 0 Å². The van der Waals surface area contributed by atoms with Gasteiger partial charge in [-0.2, -0.15) is 10.1 Å². The molecule has 0 radical (unpaired) electrons. The van der Waals surface area contributed by atoms with Gasteiger partial charge in [-0.05, 0) is 51.0 Å². The van der Waals surface area contributed by atoms with Gasteiger partial charge >= 0.3 is 0 Å². The first-order valence-electron chi connectivity index (χ1n) is 8.65. The van der Waals surface area contributed by atoms with Crippen LogP contribution in [-0.2, 0) is 16.0 Å². The van der Waals surface area contributed by atoms with E-state index in [-0.39, 0.29) is 5.91 Å². The number of aryl methyl sites for hydroxylation is 2. The minimum absolute atomic E-state index is 0.0645. The molecule has 3 rings (SSSR count).